The van der Waals surface area contributed by atoms with Crippen molar-refractivity contribution in [2.45, 2.75) is 5.41 Å². The van der Waals surface area contributed by atoms with Crippen LogP contribution < -0.4 is 4.90 Å². The van der Waals surface area contributed by atoms with Gasteiger partial charge in [-0.15, -0.1) is 0 Å². The first-order valence-electron chi connectivity index (χ1n) is 17.6. The second kappa shape index (κ2) is 11.8. The predicted octanol–water partition coefficient (Wildman–Crippen LogP) is 12.6. The van der Waals surface area contributed by atoms with Crippen LogP contribution in [0.3, 0.4) is 0 Å². The molecule has 9 aromatic rings. The van der Waals surface area contributed by atoms with Gasteiger partial charge in [0.15, 0.2) is 0 Å². The lowest BCUT2D eigenvalue weighted by Crippen LogP contribution is -2.28. The molecule has 0 N–H and O–H groups in total. The molecular formula is C49H34N2. The van der Waals surface area contributed by atoms with E-state index in [4.69, 9.17) is 0 Å². The summed E-state index contributed by atoms with van der Waals surface area (Å²) in [4.78, 5) is 2.45. The lowest BCUT2D eigenvalue weighted by atomic mass is 9.67. The summed E-state index contributed by atoms with van der Waals surface area (Å²) < 4.78 is 2.43. The summed E-state index contributed by atoms with van der Waals surface area (Å²) >= 11 is 0. The predicted molar refractivity (Wildman–Crippen MR) is 213 cm³/mol. The van der Waals surface area contributed by atoms with Gasteiger partial charge in [-0.25, -0.2) is 0 Å². The van der Waals surface area contributed by atoms with Crippen LogP contribution in [-0.4, -0.2) is 4.57 Å². The number of anilines is 3. The van der Waals surface area contributed by atoms with E-state index >= 15 is 0 Å². The minimum absolute atomic E-state index is 0.488. The van der Waals surface area contributed by atoms with Gasteiger partial charge in [0.25, 0.3) is 0 Å². The SMILES string of the molecule is c1ccc(N(c2ccc3c(c2)C(c2ccccc2)(c2ccccc2)c2ccccc2-3)c2cccc3c4ccccc4n(-c4ccccc4)c23)cc1. The minimum Gasteiger partial charge on any atom is -0.308 e. The van der Waals surface area contributed by atoms with Crippen LogP contribution >= 0.6 is 0 Å². The molecule has 240 valence electrons. The Morgan fingerprint density at radius 3 is 1.69 bits per heavy atom. The molecule has 1 heterocycles. The van der Waals surface area contributed by atoms with Gasteiger partial charge in [0.1, 0.15) is 0 Å². The smallest absolute Gasteiger partial charge is 0.0782 e. The van der Waals surface area contributed by atoms with Crippen molar-refractivity contribution >= 4 is 38.9 Å². The molecule has 0 radical (unpaired) electrons. The number of hydrogen-bond donors (Lipinski definition) is 0. The van der Waals surface area contributed by atoms with Crippen molar-refractivity contribution in [1.29, 1.82) is 0 Å². The Hall–Kier alpha value is -6.64. The van der Waals surface area contributed by atoms with Crippen LogP contribution in [0.25, 0.3) is 38.6 Å². The average Bonchev–Trinajstić information content (AvgIpc) is 3.71. The number of aromatic nitrogens is 1. The molecule has 0 spiro atoms. The second-order valence-corrected chi connectivity index (χ2v) is 13.3. The molecule has 0 bridgehead atoms. The lowest BCUT2D eigenvalue weighted by molar-refractivity contribution is 0.768. The molecule has 0 fully saturated rings. The fraction of sp³-hybridized carbons (Fsp3) is 0.0204. The first-order valence-corrected chi connectivity index (χ1v) is 17.6. The summed E-state index contributed by atoms with van der Waals surface area (Å²) in [6.45, 7) is 0. The van der Waals surface area contributed by atoms with E-state index in [-0.39, 0.29) is 0 Å². The largest absolute Gasteiger partial charge is 0.308 e. The van der Waals surface area contributed by atoms with Gasteiger partial charge >= 0.3 is 0 Å². The van der Waals surface area contributed by atoms with Crippen LogP contribution in [0.15, 0.2) is 206 Å². The molecule has 2 nitrogen and oxygen atoms in total. The number of fused-ring (bicyclic) bond motifs is 6. The van der Waals surface area contributed by atoms with Gasteiger partial charge < -0.3 is 9.47 Å². The lowest BCUT2D eigenvalue weighted by Gasteiger charge is -2.35. The van der Waals surface area contributed by atoms with Crippen molar-refractivity contribution in [2.24, 2.45) is 0 Å². The number of para-hydroxylation sites is 4. The summed E-state index contributed by atoms with van der Waals surface area (Å²) in [5.74, 6) is 0. The second-order valence-electron chi connectivity index (χ2n) is 13.3. The Labute approximate surface area is 298 Å². The van der Waals surface area contributed by atoms with Crippen LogP contribution in [0.5, 0.6) is 0 Å². The highest BCUT2D eigenvalue weighted by Crippen LogP contribution is 2.57. The Morgan fingerprint density at radius 1 is 0.392 bits per heavy atom. The molecule has 0 atom stereocenters. The standard InChI is InChI=1S/C49H34N2/c1-5-18-35(19-6-1)49(36-20-7-2-8-21-36)44-29-15-13-26-40(44)41-33-32-39(34-45(41)49)50(37-22-9-3-10-23-37)47-31-17-28-43-42-27-14-16-30-46(42)51(48(43)47)38-24-11-4-12-25-38/h1-34H. The van der Waals surface area contributed by atoms with Crippen LogP contribution in [0, 0.1) is 0 Å². The molecule has 0 aliphatic heterocycles. The maximum absolute atomic E-state index is 2.46. The highest BCUT2D eigenvalue weighted by Gasteiger charge is 2.46. The molecular weight excluding hydrogens is 617 g/mol. The van der Waals surface area contributed by atoms with E-state index in [1.807, 2.05) is 0 Å². The Kier molecular flexibility index (Phi) is 6.75. The molecule has 10 rings (SSSR count). The molecule has 0 saturated carbocycles. The number of benzene rings is 8. The first kappa shape index (κ1) is 29.3. The van der Waals surface area contributed by atoms with E-state index in [2.05, 4.69) is 216 Å². The highest BCUT2D eigenvalue weighted by atomic mass is 15.2. The van der Waals surface area contributed by atoms with E-state index in [9.17, 15) is 0 Å². The molecule has 0 amide bonds. The molecule has 0 saturated heterocycles. The first-order chi connectivity index (χ1) is 25.3. The molecule has 0 unspecified atom stereocenters. The van der Waals surface area contributed by atoms with Gasteiger partial charge in [0, 0.05) is 27.8 Å². The summed E-state index contributed by atoms with van der Waals surface area (Å²) in [5.41, 5.74) is 14.0. The summed E-state index contributed by atoms with van der Waals surface area (Å²) in [5, 5.41) is 2.46. The number of nitrogens with zero attached hydrogens (tertiary/aromatic N) is 2. The van der Waals surface area contributed by atoms with Gasteiger partial charge in [-0.2, -0.15) is 0 Å². The Bertz CT molecular complexity index is 2640. The van der Waals surface area contributed by atoms with Crippen LogP contribution in [-0.2, 0) is 5.41 Å². The molecule has 2 heteroatoms. The maximum atomic E-state index is 2.46. The zero-order chi connectivity index (χ0) is 33.8. The van der Waals surface area contributed by atoms with Gasteiger partial charge in [-0.05, 0) is 81.9 Å². The third-order valence-electron chi connectivity index (χ3n) is 10.6. The van der Waals surface area contributed by atoms with Crippen LogP contribution in [0.4, 0.5) is 17.1 Å². The monoisotopic (exact) mass is 650 g/mol. The quantitative estimate of drug-likeness (QED) is 0.174. The van der Waals surface area contributed by atoms with E-state index in [1.165, 1.54) is 55.2 Å². The maximum Gasteiger partial charge on any atom is 0.0782 e. The van der Waals surface area contributed by atoms with E-state index in [1.54, 1.807) is 0 Å². The molecule has 8 aromatic carbocycles. The van der Waals surface area contributed by atoms with Crippen LogP contribution in [0.2, 0.25) is 0 Å². The summed E-state index contributed by atoms with van der Waals surface area (Å²) in [6, 6.07) is 75.2. The molecule has 1 aliphatic rings. The summed E-state index contributed by atoms with van der Waals surface area (Å²) in [7, 11) is 0. The van der Waals surface area contributed by atoms with E-state index in [0.29, 0.717) is 0 Å². The van der Waals surface area contributed by atoms with Crippen molar-refractivity contribution in [2.75, 3.05) is 4.90 Å². The third-order valence-corrected chi connectivity index (χ3v) is 10.6. The summed E-state index contributed by atoms with van der Waals surface area (Å²) in [6.07, 6.45) is 0. The molecule has 1 aromatic heterocycles. The minimum atomic E-state index is -0.488. The molecule has 1 aliphatic carbocycles. The Morgan fingerprint density at radius 2 is 0.961 bits per heavy atom. The number of rotatable bonds is 6. The zero-order valence-electron chi connectivity index (χ0n) is 28.0. The van der Waals surface area contributed by atoms with Gasteiger partial charge in [-0.3, -0.25) is 0 Å². The fourth-order valence-electron chi connectivity index (χ4n) is 8.60. The number of hydrogen-bond acceptors (Lipinski definition) is 1. The van der Waals surface area contributed by atoms with E-state index < -0.39 is 5.41 Å². The normalized spacial score (nSPS) is 12.9. The van der Waals surface area contributed by atoms with Crippen molar-refractivity contribution in [3.05, 3.63) is 229 Å². The fourth-order valence-corrected chi connectivity index (χ4v) is 8.60. The molecule has 51 heavy (non-hydrogen) atoms. The average molecular weight is 651 g/mol. The van der Waals surface area contributed by atoms with Crippen molar-refractivity contribution in [1.82, 2.24) is 4.57 Å². The van der Waals surface area contributed by atoms with Gasteiger partial charge in [0.05, 0.1) is 22.1 Å². The van der Waals surface area contributed by atoms with E-state index in [0.717, 1.165) is 22.7 Å². The topological polar surface area (TPSA) is 8.17 Å². The van der Waals surface area contributed by atoms with Crippen molar-refractivity contribution in [3.8, 4) is 16.8 Å². The third kappa shape index (κ3) is 4.36. The Balaban J connectivity index is 1.30. The van der Waals surface area contributed by atoms with Crippen LogP contribution in [0.1, 0.15) is 22.3 Å². The van der Waals surface area contributed by atoms with Gasteiger partial charge in [0.2, 0.25) is 0 Å². The van der Waals surface area contributed by atoms with Gasteiger partial charge in [-0.1, -0.05) is 158 Å². The highest BCUT2D eigenvalue weighted by molar-refractivity contribution is 6.14. The van der Waals surface area contributed by atoms with Crippen molar-refractivity contribution in [3.63, 3.8) is 0 Å². The zero-order valence-corrected chi connectivity index (χ0v) is 28.0. The van der Waals surface area contributed by atoms with Crippen molar-refractivity contribution < 1.29 is 0 Å².